The van der Waals surface area contributed by atoms with E-state index in [1.807, 2.05) is 6.07 Å². The van der Waals surface area contributed by atoms with Crippen molar-refractivity contribution < 1.29 is 8.78 Å². The maximum atomic E-state index is 12.8. The maximum Gasteiger partial charge on any atom is 0.281 e. The summed E-state index contributed by atoms with van der Waals surface area (Å²) >= 11 is 0. The van der Waals surface area contributed by atoms with Gasteiger partial charge in [0.25, 0.3) is 6.43 Å². The number of halogens is 2. The summed E-state index contributed by atoms with van der Waals surface area (Å²) in [6, 6.07) is 4.26. The molecule has 2 saturated carbocycles. The minimum absolute atomic E-state index is 0.322. The molecule has 0 aromatic carbocycles. The first-order valence-electron chi connectivity index (χ1n) is 11.7. The van der Waals surface area contributed by atoms with Gasteiger partial charge >= 0.3 is 0 Å². The van der Waals surface area contributed by atoms with Crippen molar-refractivity contribution in [2.24, 2.45) is 17.8 Å². The second-order valence-corrected chi connectivity index (χ2v) is 9.69. The van der Waals surface area contributed by atoms with Crippen LogP contribution >= 0.6 is 0 Å². The Morgan fingerprint density at radius 2 is 1.91 bits per heavy atom. The van der Waals surface area contributed by atoms with E-state index in [1.54, 1.807) is 0 Å². The van der Waals surface area contributed by atoms with Gasteiger partial charge in [0, 0.05) is 32.7 Å². The lowest BCUT2D eigenvalue weighted by atomic mass is 9.99. The molecule has 0 amide bonds. The molecule has 2 aromatic rings. The topological polar surface area (TPSA) is 57.2 Å². The van der Waals surface area contributed by atoms with Crippen molar-refractivity contribution >= 4 is 23.0 Å². The molecule has 6 rings (SSSR count). The molecule has 8 heteroatoms. The van der Waals surface area contributed by atoms with E-state index in [0.717, 1.165) is 62.4 Å². The molecule has 2 unspecified atom stereocenters. The number of pyridine rings is 1. The molecule has 4 heterocycles. The Hall–Kier alpha value is -2.61. The smallest absolute Gasteiger partial charge is 0.281 e. The minimum Gasteiger partial charge on any atom is -0.356 e. The highest BCUT2D eigenvalue weighted by molar-refractivity contribution is 5.72. The van der Waals surface area contributed by atoms with E-state index in [9.17, 15) is 8.78 Å². The molecule has 2 aliphatic carbocycles. The van der Waals surface area contributed by atoms with Gasteiger partial charge in [-0.3, -0.25) is 4.90 Å². The van der Waals surface area contributed by atoms with Crippen molar-refractivity contribution in [2.45, 2.75) is 32.1 Å². The Bertz CT molecular complexity index is 1010. The summed E-state index contributed by atoms with van der Waals surface area (Å²) in [5, 5.41) is 3.19. The van der Waals surface area contributed by atoms with Crippen LogP contribution in [-0.4, -0.2) is 52.6 Å². The van der Waals surface area contributed by atoms with Gasteiger partial charge < -0.3 is 10.2 Å². The molecule has 2 atom stereocenters. The van der Waals surface area contributed by atoms with Crippen molar-refractivity contribution in [1.29, 1.82) is 0 Å². The molecule has 2 aromatic heterocycles. The normalized spacial score (nSPS) is 25.1. The van der Waals surface area contributed by atoms with Crippen molar-refractivity contribution in [3.05, 3.63) is 41.9 Å². The first-order chi connectivity index (χ1) is 15.6. The van der Waals surface area contributed by atoms with E-state index < -0.39 is 6.43 Å². The largest absolute Gasteiger partial charge is 0.356 e. The van der Waals surface area contributed by atoms with Gasteiger partial charge in [0.15, 0.2) is 0 Å². The molecule has 2 aliphatic heterocycles. The predicted octanol–water partition coefficient (Wildman–Crippen LogP) is 4.51. The highest BCUT2D eigenvalue weighted by Gasteiger charge is 2.45. The number of piperidine rings is 1. The van der Waals surface area contributed by atoms with Gasteiger partial charge in [0.05, 0.1) is 12.4 Å². The zero-order valence-corrected chi connectivity index (χ0v) is 18.1. The maximum absolute atomic E-state index is 12.8. The number of fused-ring (bicyclic) bond motifs is 1. The van der Waals surface area contributed by atoms with E-state index in [0.29, 0.717) is 11.6 Å². The molecule has 168 valence electrons. The number of nitrogens with one attached hydrogen (secondary N) is 1. The average molecular weight is 439 g/mol. The van der Waals surface area contributed by atoms with Crippen LogP contribution < -0.4 is 10.2 Å². The SMILES string of the molecule is FC(F)c1cnc(Nc2cc(C3=CCN(CC4CC4)CC3)cc(N3CC4CC4C3)n2)cn1. The van der Waals surface area contributed by atoms with Crippen molar-refractivity contribution in [3.8, 4) is 0 Å². The number of anilines is 3. The number of rotatable bonds is 7. The number of nitrogens with zero attached hydrogens (tertiary/aromatic N) is 5. The van der Waals surface area contributed by atoms with Gasteiger partial charge in [-0.15, -0.1) is 0 Å². The summed E-state index contributed by atoms with van der Waals surface area (Å²) in [6.07, 6.45) is 7.33. The summed E-state index contributed by atoms with van der Waals surface area (Å²) in [4.78, 5) is 17.7. The molecule has 32 heavy (non-hydrogen) atoms. The standard InChI is InChI=1S/C24H28F2N6/c25-24(26)20-10-28-22(11-27-20)29-21-8-17(9-23(30-21)32-13-18-7-19(18)14-32)16-3-5-31(6-4-16)12-15-1-2-15/h3,8-11,15,18-19,24H,1-2,4-7,12-14H2,(H,28,29,30). The lowest BCUT2D eigenvalue weighted by Gasteiger charge is -2.27. The van der Waals surface area contributed by atoms with Crippen LogP contribution in [0.3, 0.4) is 0 Å². The first-order valence-corrected chi connectivity index (χ1v) is 11.7. The van der Waals surface area contributed by atoms with Crippen LogP contribution in [-0.2, 0) is 0 Å². The molecule has 1 N–H and O–H groups in total. The van der Waals surface area contributed by atoms with E-state index in [1.165, 1.54) is 43.1 Å². The monoisotopic (exact) mass is 438 g/mol. The Morgan fingerprint density at radius 3 is 2.56 bits per heavy atom. The summed E-state index contributed by atoms with van der Waals surface area (Å²) in [5.74, 6) is 4.62. The average Bonchev–Trinajstić information content (AvgIpc) is 3.73. The third-order valence-corrected chi connectivity index (χ3v) is 7.14. The van der Waals surface area contributed by atoms with Crippen LogP contribution in [0.25, 0.3) is 5.57 Å². The fourth-order valence-electron chi connectivity index (χ4n) is 4.96. The number of hydrogen-bond acceptors (Lipinski definition) is 6. The van der Waals surface area contributed by atoms with Crippen LogP contribution in [0.5, 0.6) is 0 Å². The van der Waals surface area contributed by atoms with Crippen molar-refractivity contribution in [2.75, 3.05) is 42.9 Å². The quantitative estimate of drug-likeness (QED) is 0.687. The van der Waals surface area contributed by atoms with Gasteiger partial charge in [-0.2, -0.15) is 0 Å². The van der Waals surface area contributed by atoms with Crippen molar-refractivity contribution in [1.82, 2.24) is 19.9 Å². The third-order valence-electron chi connectivity index (χ3n) is 7.14. The zero-order chi connectivity index (χ0) is 21.7. The van der Waals surface area contributed by atoms with Gasteiger partial charge in [-0.25, -0.2) is 23.7 Å². The van der Waals surface area contributed by atoms with Gasteiger partial charge in [-0.1, -0.05) is 6.08 Å². The summed E-state index contributed by atoms with van der Waals surface area (Å²) in [6.45, 7) is 5.45. The Balaban J connectivity index is 1.25. The van der Waals surface area contributed by atoms with Crippen LogP contribution in [0, 0.1) is 17.8 Å². The zero-order valence-electron chi connectivity index (χ0n) is 18.1. The Kier molecular flexibility index (Phi) is 5.05. The highest BCUT2D eigenvalue weighted by atomic mass is 19.3. The predicted molar refractivity (Wildman–Crippen MR) is 120 cm³/mol. The Labute approximate surface area is 186 Å². The van der Waals surface area contributed by atoms with E-state index >= 15 is 0 Å². The van der Waals surface area contributed by atoms with E-state index in [4.69, 9.17) is 4.98 Å². The lowest BCUT2D eigenvalue weighted by Crippen LogP contribution is -2.30. The minimum atomic E-state index is -2.62. The van der Waals surface area contributed by atoms with E-state index in [-0.39, 0.29) is 5.69 Å². The highest BCUT2D eigenvalue weighted by Crippen LogP contribution is 2.46. The van der Waals surface area contributed by atoms with Gasteiger partial charge in [0.2, 0.25) is 0 Å². The molecular weight excluding hydrogens is 410 g/mol. The summed E-state index contributed by atoms with van der Waals surface area (Å²) < 4.78 is 25.6. The molecule has 0 spiro atoms. The van der Waals surface area contributed by atoms with Crippen LogP contribution in [0.4, 0.5) is 26.2 Å². The van der Waals surface area contributed by atoms with Crippen molar-refractivity contribution in [3.63, 3.8) is 0 Å². The summed E-state index contributed by atoms with van der Waals surface area (Å²) in [5.41, 5.74) is 2.21. The number of hydrogen-bond donors (Lipinski definition) is 1. The Morgan fingerprint density at radius 1 is 1.06 bits per heavy atom. The van der Waals surface area contributed by atoms with E-state index in [2.05, 4.69) is 37.2 Å². The second-order valence-electron chi connectivity index (χ2n) is 9.69. The lowest BCUT2D eigenvalue weighted by molar-refractivity contribution is 0.145. The molecule has 3 fully saturated rings. The molecule has 0 radical (unpaired) electrons. The van der Waals surface area contributed by atoms with Crippen LogP contribution in [0.15, 0.2) is 30.6 Å². The summed E-state index contributed by atoms with van der Waals surface area (Å²) in [7, 11) is 0. The molecule has 6 nitrogen and oxygen atoms in total. The fraction of sp³-hybridized carbons (Fsp3) is 0.542. The van der Waals surface area contributed by atoms with Gasteiger partial charge in [-0.05, 0) is 66.7 Å². The van der Waals surface area contributed by atoms with Crippen LogP contribution in [0.1, 0.15) is 43.4 Å². The molecule has 0 bridgehead atoms. The van der Waals surface area contributed by atoms with Crippen LogP contribution in [0.2, 0.25) is 0 Å². The molecule has 1 saturated heterocycles. The number of alkyl halides is 2. The molecular formula is C24H28F2N6. The van der Waals surface area contributed by atoms with Gasteiger partial charge in [0.1, 0.15) is 23.1 Å². The second kappa shape index (κ2) is 8.06. The fourth-order valence-corrected chi connectivity index (χ4v) is 4.96. The number of aromatic nitrogens is 3. The third kappa shape index (κ3) is 4.33. The molecule has 4 aliphatic rings. The first kappa shape index (κ1) is 20.0.